The van der Waals surface area contributed by atoms with Crippen LogP contribution in [0.3, 0.4) is 0 Å². The third-order valence-electron chi connectivity index (χ3n) is 4.31. The van der Waals surface area contributed by atoms with E-state index in [2.05, 4.69) is 10.1 Å². The molecular formula is C17H23N3O4S. The van der Waals surface area contributed by atoms with Gasteiger partial charge in [-0.25, -0.2) is 8.42 Å². The molecule has 3 rings (SSSR count). The van der Waals surface area contributed by atoms with E-state index in [0.29, 0.717) is 36.8 Å². The third kappa shape index (κ3) is 4.20. The molecule has 1 aromatic heterocycles. The highest BCUT2D eigenvalue weighted by atomic mass is 32.2. The number of sulfonamides is 1. The first-order valence-electron chi connectivity index (χ1n) is 8.28. The summed E-state index contributed by atoms with van der Waals surface area (Å²) in [6.45, 7) is 5.02. The van der Waals surface area contributed by atoms with Crippen LogP contribution < -0.4 is 4.74 Å². The van der Waals surface area contributed by atoms with E-state index in [0.717, 1.165) is 24.4 Å². The van der Waals surface area contributed by atoms with E-state index < -0.39 is 10.0 Å². The Bertz CT molecular complexity index is 802. The van der Waals surface area contributed by atoms with Gasteiger partial charge in [0.1, 0.15) is 11.5 Å². The highest BCUT2D eigenvalue weighted by molar-refractivity contribution is 7.89. The minimum atomic E-state index is -3.49. The van der Waals surface area contributed by atoms with Gasteiger partial charge in [-0.1, -0.05) is 5.16 Å². The van der Waals surface area contributed by atoms with E-state index in [-0.39, 0.29) is 0 Å². The molecule has 0 atom stereocenters. The average molecular weight is 365 g/mol. The predicted octanol–water partition coefficient (Wildman–Crippen LogP) is 1.89. The van der Waals surface area contributed by atoms with Crippen molar-refractivity contribution in [2.24, 2.45) is 0 Å². The zero-order valence-electron chi connectivity index (χ0n) is 14.5. The van der Waals surface area contributed by atoms with Crippen molar-refractivity contribution >= 4 is 10.0 Å². The smallest absolute Gasteiger partial charge is 0.243 e. The summed E-state index contributed by atoms with van der Waals surface area (Å²) in [4.78, 5) is 2.51. The lowest BCUT2D eigenvalue weighted by Crippen LogP contribution is -2.35. The molecular weight excluding hydrogens is 342 g/mol. The van der Waals surface area contributed by atoms with Gasteiger partial charge < -0.3 is 9.26 Å². The Morgan fingerprint density at radius 3 is 2.56 bits per heavy atom. The monoisotopic (exact) mass is 365 g/mol. The van der Waals surface area contributed by atoms with Gasteiger partial charge in [0.05, 0.1) is 17.7 Å². The number of aromatic nitrogens is 1. The standard InChI is InChI=1S/C17H23N3O4S/c1-14-12-15(18-24-14)13-19-8-3-9-20(11-10-19)25(21,22)17-6-4-16(23-2)5-7-17/h4-7,12H,3,8-11,13H2,1-2H3. The third-order valence-corrected chi connectivity index (χ3v) is 6.22. The van der Waals surface area contributed by atoms with Crippen LogP contribution in [0.25, 0.3) is 0 Å². The fourth-order valence-electron chi connectivity index (χ4n) is 2.96. The predicted molar refractivity (Wildman–Crippen MR) is 92.9 cm³/mol. The number of hydrogen-bond donors (Lipinski definition) is 0. The highest BCUT2D eigenvalue weighted by Gasteiger charge is 2.27. The lowest BCUT2D eigenvalue weighted by Gasteiger charge is -2.21. The Hall–Kier alpha value is -1.90. The van der Waals surface area contributed by atoms with Gasteiger partial charge in [-0.15, -0.1) is 0 Å². The molecule has 0 radical (unpaired) electrons. The SMILES string of the molecule is COc1ccc(S(=O)(=O)N2CCCN(Cc3cc(C)on3)CC2)cc1. The molecule has 0 spiro atoms. The molecule has 7 nitrogen and oxygen atoms in total. The molecule has 136 valence electrons. The molecule has 1 saturated heterocycles. The van der Waals surface area contributed by atoms with Crippen molar-refractivity contribution in [3.8, 4) is 5.75 Å². The fraction of sp³-hybridized carbons (Fsp3) is 0.471. The second kappa shape index (κ2) is 7.55. The van der Waals surface area contributed by atoms with Crippen molar-refractivity contribution < 1.29 is 17.7 Å². The largest absolute Gasteiger partial charge is 0.497 e. The summed E-state index contributed by atoms with van der Waals surface area (Å²) in [7, 11) is -1.93. The van der Waals surface area contributed by atoms with E-state index in [1.165, 1.54) is 0 Å². The Balaban J connectivity index is 1.66. The van der Waals surface area contributed by atoms with Crippen LogP contribution in [0.5, 0.6) is 5.75 Å². The van der Waals surface area contributed by atoms with Gasteiger partial charge in [0.2, 0.25) is 10.0 Å². The van der Waals surface area contributed by atoms with Crippen molar-refractivity contribution in [3.05, 3.63) is 41.8 Å². The molecule has 1 aliphatic rings. The first kappa shape index (κ1) is 17.9. The molecule has 0 saturated carbocycles. The number of nitrogens with zero attached hydrogens (tertiary/aromatic N) is 3. The topological polar surface area (TPSA) is 75.9 Å². The quantitative estimate of drug-likeness (QED) is 0.805. The van der Waals surface area contributed by atoms with Crippen LogP contribution in [0.2, 0.25) is 0 Å². The van der Waals surface area contributed by atoms with Crippen molar-refractivity contribution in [2.75, 3.05) is 33.3 Å². The summed E-state index contributed by atoms with van der Waals surface area (Å²) in [6, 6.07) is 8.44. The van der Waals surface area contributed by atoms with Crippen LogP contribution in [0.4, 0.5) is 0 Å². The van der Waals surface area contributed by atoms with Crippen molar-refractivity contribution in [1.82, 2.24) is 14.4 Å². The number of hydrogen-bond acceptors (Lipinski definition) is 6. The van der Waals surface area contributed by atoms with Crippen molar-refractivity contribution in [3.63, 3.8) is 0 Å². The molecule has 2 heterocycles. The van der Waals surface area contributed by atoms with Crippen LogP contribution in [0.1, 0.15) is 17.9 Å². The van der Waals surface area contributed by atoms with Crippen LogP contribution in [0.15, 0.2) is 39.8 Å². The number of benzene rings is 1. The maximum atomic E-state index is 12.8. The first-order valence-corrected chi connectivity index (χ1v) is 9.72. The number of aryl methyl sites for hydroxylation is 1. The van der Waals surface area contributed by atoms with Gasteiger partial charge in [0.25, 0.3) is 0 Å². The molecule has 0 bridgehead atoms. The van der Waals surface area contributed by atoms with Crippen LogP contribution in [0, 0.1) is 6.92 Å². The minimum absolute atomic E-state index is 0.300. The molecule has 0 unspecified atom stereocenters. The summed E-state index contributed by atoms with van der Waals surface area (Å²) in [5.74, 6) is 1.43. The average Bonchev–Trinajstić information content (AvgIpc) is 2.87. The summed E-state index contributed by atoms with van der Waals surface area (Å²) in [5, 5.41) is 4.01. The van der Waals surface area contributed by atoms with Crippen LogP contribution in [-0.4, -0.2) is 56.1 Å². The van der Waals surface area contributed by atoms with Gasteiger partial charge in [0, 0.05) is 32.2 Å². The van der Waals surface area contributed by atoms with E-state index in [4.69, 9.17) is 9.26 Å². The number of rotatable bonds is 5. The lowest BCUT2D eigenvalue weighted by molar-refractivity contribution is 0.268. The summed E-state index contributed by atoms with van der Waals surface area (Å²) in [5.41, 5.74) is 0.879. The van der Waals surface area contributed by atoms with Gasteiger partial charge in [-0.05, 0) is 44.2 Å². The van der Waals surface area contributed by atoms with Gasteiger partial charge >= 0.3 is 0 Å². The van der Waals surface area contributed by atoms with Crippen LogP contribution >= 0.6 is 0 Å². The number of methoxy groups -OCH3 is 1. The van der Waals surface area contributed by atoms with Crippen molar-refractivity contribution in [1.29, 1.82) is 0 Å². The maximum absolute atomic E-state index is 12.8. The Morgan fingerprint density at radius 2 is 1.92 bits per heavy atom. The van der Waals surface area contributed by atoms with Crippen molar-refractivity contribution in [2.45, 2.75) is 24.8 Å². The second-order valence-corrected chi connectivity index (χ2v) is 8.08. The van der Waals surface area contributed by atoms with Gasteiger partial charge in [0.15, 0.2) is 0 Å². The maximum Gasteiger partial charge on any atom is 0.243 e. The van der Waals surface area contributed by atoms with E-state index in [1.54, 1.807) is 35.7 Å². The summed E-state index contributed by atoms with van der Waals surface area (Å²) in [6.07, 6.45) is 0.784. The lowest BCUT2D eigenvalue weighted by atomic mass is 10.3. The van der Waals surface area contributed by atoms with E-state index in [9.17, 15) is 8.42 Å². The molecule has 8 heteroatoms. The number of ether oxygens (including phenoxy) is 1. The van der Waals surface area contributed by atoms with Gasteiger partial charge in [-0.3, -0.25) is 4.90 Å². The normalized spacial score (nSPS) is 17.4. The zero-order chi connectivity index (χ0) is 17.9. The van der Waals surface area contributed by atoms with E-state index in [1.807, 2.05) is 13.0 Å². The molecule has 2 aromatic rings. The summed E-state index contributed by atoms with van der Waals surface area (Å²) < 4.78 is 37.4. The molecule has 0 aliphatic carbocycles. The zero-order valence-corrected chi connectivity index (χ0v) is 15.3. The molecule has 0 amide bonds. The van der Waals surface area contributed by atoms with E-state index >= 15 is 0 Å². The minimum Gasteiger partial charge on any atom is -0.497 e. The Kier molecular flexibility index (Phi) is 5.41. The van der Waals surface area contributed by atoms with Gasteiger partial charge in [-0.2, -0.15) is 4.31 Å². The Morgan fingerprint density at radius 1 is 1.16 bits per heavy atom. The first-order chi connectivity index (χ1) is 12.0. The molecule has 25 heavy (non-hydrogen) atoms. The summed E-state index contributed by atoms with van der Waals surface area (Å²) >= 11 is 0. The Labute approximate surface area is 148 Å². The molecule has 1 aromatic carbocycles. The van der Waals surface area contributed by atoms with Crippen LogP contribution in [-0.2, 0) is 16.6 Å². The second-order valence-electron chi connectivity index (χ2n) is 6.14. The molecule has 0 N–H and O–H groups in total. The molecule has 1 fully saturated rings. The highest BCUT2D eigenvalue weighted by Crippen LogP contribution is 2.21. The fourth-order valence-corrected chi connectivity index (χ4v) is 4.43. The molecule has 1 aliphatic heterocycles.